The third-order valence-electron chi connectivity index (χ3n) is 9.72. The van der Waals surface area contributed by atoms with Crippen LogP contribution in [0.5, 0.6) is 0 Å². The molecule has 0 aromatic carbocycles. The first kappa shape index (κ1) is 21.4. The number of nitrogens with zero attached hydrogens (tertiary/aromatic N) is 1. The van der Waals surface area contributed by atoms with Crippen molar-refractivity contribution < 1.29 is 9.94 Å². The first-order valence-electron chi connectivity index (χ1n) is 12.2. The minimum absolute atomic E-state index is 0.0413. The van der Waals surface area contributed by atoms with Crippen LogP contribution in [0.15, 0.2) is 17.3 Å². The van der Waals surface area contributed by atoms with Crippen LogP contribution in [0.4, 0.5) is 0 Å². The van der Waals surface area contributed by atoms with Gasteiger partial charge in [0, 0.05) is 0 Å². The SMILES string of the molecule is C[C@]12CC[C@H](O)C[C@H]1CC[C@@H]1[C@@H]2CC[C@]2(C)[C@@H](/C=C/C=N/OCCCN)CC[C@@H]12. The van der Waals surface area contributed by atoms with Gasteiger partial charge in [0.1, 0.15) is 6.61 Å². The van der Waals surface area contributed by atoms with Crippen LogP contribution < -0.4 is 5.73 Å². The maximum absolute atomic E-state index is 10.2. The molecular weight excluding hydrogens is 360 g/mol. The summed E-state index contributed by atoms with van der Waals surface area (Å²) in [6.45, 7) is 6.40. The molecule has 0 amide bonds. The van der Waals surface area contributed by atoms with Crippen molar-refractivity contribution in [1.29, 1.82) is 0 Å². The number of aliphatic hydroxyl groups is 1. The molecule has 0 aromatic rings. The van der Waals surface area contributed by atoms with Gasteiger partial charge in [-0.25, -0.2) is 0 Å². The molecule has 0 aromatic heterocycles. The molecular formula is C25H42N2O2. The average molecular weight is 403 g/mol. The Bertz CT molecular complexity index is 620. The van der Waals surface area contributed by atoms with Gasteiger partial charge in [-0.2, -0.15) is 0 Å². The number of oxime groups is 1. The van der Waals surface area contributed by atoms with Crippen molar-refractivity contribution in [2.45, 2.75) is 84.2 Å². The Morgan fingerprint density at radius 2 is 1.83 bits per heavy atom. The van der Waals surface area contributed by atoms with Crippen LogP contribution in [-0.2, 0) is 4.84 Å². The maximum Gasteiger partial charge on any atom is 0.118 e. The van der Waals surface area contributed by atoms with Crippen molar-refractivity contribution in [3.05, 3.63) is 12.2 Å². The number of hydrogen-bond donors (Lipinski definition) is 2. The van der Waals surface area contributed by atoms with Crippen LogP contribution in [0.3, 0.4) is 0 Å². The summed E-state index contributed by atoms with van der Waals surface area (Å²) in [6.07, 6.45) is 18.6. The lowest BCUT2D eigenvalue weighted by Crippen LogP contribution is -2.53. The Morgan fingerprint density at radius 3 is 2.66 bits per heavy atom. The molecule has 4 rings (SSSR count). The molecule has 3 N–H and O–H groups in total. The number of hydrogen-bond acceptors (Lipinski definition) is 4. The molecule has 4 aliphatic rings. The summed E-state index contributed by atoms with van der Waals surface area (Å²) in [5, 5.41) is 14.2. The Labute approximate surface area is 177 Å². The van der Waals surface area contributed by atoms with Gasteiger partial charge in [-0.1, -0.05) is 25.1 Å². The highest BCUT2D eigenvalue weighted by Crippen LogP contribution is 2.67. The van der Waals surface area contributed by atoms with Gasteiger partial charge in [-0.05, 0) is 117 Å². The highest BCUT2D eigenvalue weighted by atomic mass is 16.6. The fourth-order valence-corrected chi connectivity index (χ4v) is 8.05. The molecule has 4 aliphatic carbocycles. The van der Waals surface area contributed by atoms with E-state index < -0.39 is 0 Å². The molecule has 4 fully saturated rings. The minimum atomic E-state index is -0.0413. The van der Waals surface area contributed by atoms with Crippen molar-refractivity contribution in [3.63, 3.8) is 0 Å². The van der Waals surface area contributed by atoms with Gasteiger partial charge in [0.2, 0.25) is 0 Å². The molecule has 0 saturated heterocycles. The van der Waals surface area contributed by atoms with Crippen molar-refractivity contribution in [3.8, 4) is 0 Å². The van der Waals surface area contributed by atoms with Crippen LogP contribution in [0.2, 0.25) is 0 Å². The van der Waals surface area contributed by atoms with Gasteiger partial charge < -0.3 is 15.7 Å². The van der Waals surface area contributed by atoms with E-state index in [0.29, 0.717) is 29.9 Å². The highest BCUT2D eigenvalue weighted by molar-refractivity contribution is 5.70. The molecule has 4 nitrogen and oxygen atoms in total. The molecule has 0 spiro atoms. The Morgan fingerprint density at radius 1 is 1.03 bits per heavy atom. The van der Waals surface area contributed by atoms with Crippen LogP contribution >= 0.6 is 0 Å². The van der Waals surface area contributed by atoms with E-state index >= 15 is 0 Å². The quantitative estimate of drug-likeness (QED) is 0.377. The van der Waals surface area contributed by atoms with E-state index in [9.17, 15) is 5.11 Å². The van der Waals surface area contributed by atoms with Crippen LogP contribution in [0.1, 0.15) is 78.1 Å². The number of rotatable bonds is 6. The minimum Gasteiger partial charge on any atom is -0.396 e. The zero-order chi connectivity index (χ0) is 20.5. The third kappa shape index (κ3) is 3.92. The molecule has 0 aliphatic heterocycles. The topological polar surface area (TPSA) is 67.8 Å². The zero-order valence-electron chi connectivity index (χ0n) is 18.6. The van der Waals surface area contributed by atoms with E-state index in [1.165, 1.54) is 44.9 Å². The van der Waals surface area contributed by atoms with E-state index in [1.54, 1.807) is 6.21 Å². The molecule has 0 bridgehead atoms. The lowest BCUT2D eigenvalue weighted by atomic mass is 9.44. The molecule has 0 radical (unpaired) electrons. The van der Waals surface area contributed by atoms with Gasteiger partial charge in [0.05, 0.1) is 12.3 Å². The number of allylic oxidation sites excluding steroid dienone is 2. The van der Waals surface area contributed by atoms with Gasteiger partial charge in [-0.3, -0.25) is 0 Å². The van der Waals surface area contributed by atoms with Gasteiger partial charge in [0.15, 0.2) is 0 Å². The summed E-state index contributed by atoms with van der Waals surface area (Å²) >= 11 is 0. The fraction of sp³-hybridized carbons (Fsp3) is 0.880. The third-order valence-corrected chi connectivity index (χ3v) is 9.72. The monoisotopic (exact) mass is 402 g/mol. The van der Waals surface area contributed by atoms with E-state index in [0.717, 1.165) is 42.9 Å². The number of aliphatic hydroxyl groups excluding tert-OH is 1. The second-order valence-corrected chi connectivity index (χ2v) is 10.9. The molecule has 0 unspecified atom stereocenters. The summed E-state index contributed by atoms with van der Waals surface area (Å²) in [5.74, 6) is 4.08. The first-order chi connectivity index (χ1) is 14.0. The largest absolute Gasteiger partial charge is 0.396 e. The van der Waals surface area contributed by atoms with E-state index in [4.69, 9.17) is 10.6 Å². The highest BCUT2D eigenvalue weighted by Gasteiger charge is 2.59. The number of nitrogens with two attached hydrogens (primary N) is 1. The molecule has 29 heavy (non-hydrogen) atoms. The second-order valence-electron chi connectivity index (χ2n) is 10.9. The average Bonchev–Trinajstić information content (AvgIpc) is 3.04. The summed E-state index contributed by atoms with van der Waals surface area (Å²) in [5.41, 5.74) is 6.39. The van der Waals surface area contributed by atoms with E-state index in [1.807, 2.05) is 0 Å². The van der Waals surface area contributed by atoms with Crippen LogP contribution in [-0.4, -0.2) is 30.6 Å². The van der Waals surface area contributed by atoms with Gasteiger partial charge >= 0.3 is 0 Å². The molecule has 4 saturated carbocycles. The number of fused-ring (bicyclic) bond motifs is 5. The predicted molar refractivity (Wildman–Crippen MR) is 118 cm³/mol. The van der Waals surface area contributed by atoms with Crippen molar-refractivity contribution in [2.24, 2.45) is 51.3 Å². The lowest BCUT2D eigenvalue weighted by molar-refractivity contribution is -0.124. The van der Waals surface area contributed by atoms with Crippen LogP contribution in [0, 0.1) is 40.4 Å². The van der Waals surface area contributed by atoms with Gasteiger partial charge in [0.25, 0.3) is 0 Å². The van der Waals surface area contributed by atoms with Gasteiger partial charge in [-0.15, -0.1) is 0 Å². The first-order valence-corrected chi connectivity index (χ1v) is 12.2. The Kier molecular flexibility index (Phi) is 6.41. The second kappa shape index (κ2) is 8.70. The fourth-order valence-electron chi connectivity index (χ4n) is 8.05. The maximum atomic E-state index is 10.2. The van der Waals surface area contributed by atoms with E-state index in [-0.39, 0.29) is 6.10 Å². The molecule has 4 heteroatoms. The standard InChI is InChI=1S/C25H42N2O2/c1-24-13-11-23-21(8-6-19-17-20(28)10-12-25(19,23)2)22(24)9-7-18(24)5-3-15-27-29-16-4-14-26/h3,5,15,18-23,28H,4,6-14,16-17,26H2,1-2H3/b5-3+,27-15+/t18-,19+,20-,21-,22-,23-,24+,25-/m0/s1. The van der Waals surface area contributed by atoms with E-state index in [2.05, 4.69) is 31.2 Å². The van der Waals surface area contributed by atoms with Crippen molar-refractivity contribution >= 4 is 6.21 Å². The smallest absolute Gasteiger partial charge is 0.118 e. The Balaban J connectivity index is 1.41. The molecule has 0 heterocycles. The molecule has 164 valence electrons. The lowest BCUT2D eigenvalue weighted by Gasteiger charge is -2.60. The van der Waals surface area contributed by atoms with Crippen LogP contribution in [0.25, 0.3) is 0 Å². The summed E-state index contributed by atoms with van der Waals surface area (Å²) in [6, 6.07) is 0. The Hall–Kier alpha value is -0.870. The van der Waals surface area contributed by atoms with Crippen molar-refractivity contribution in [2.75, 3.05) is 13.2 Å². The van der Waals surface area contributed by atoms with Crippen molar-refractivity contribution in [1.82, 2.24) is 0 Å². The summed E-state index contributed by atoms with van der Waals surface area (Å²) in [4.78, 5) is 5.23. The zero-order valence-corrected chi connectivity index (χ0v) is 18.6. The normalized spacial score (nSPS) is 47.2. The summed E-state index contributed by atoms with van der Waals surface area (Å²) in [7, 11) is 0. The summed E-state index contributed by atoms with van der Waals surface area (Å²) < 4.78 is 0. The predicted octanol–water partition coefficient (Wildman–Crippen LogP) is 4.91. The molecule has 8 atom stereocenters.